The Morgan fingerprint density at radius 2 is 1.98 bits per heavy atom. The van der Waals surface area contributed by atoms with Crippen molar-refractivity contribution in [3.05, 3.63) is 71.1 Å². The predicted molar refractivity (Wildman–Crippen MR) is 164 cm³/mol. The van der Waals surface area contributed by atoms with Crippen molar-refractivity contribution >= 4 is 46.1 Å². The Bertz CT molecular complexity index is 1410. The summed E-state index contributed by atoms with van der Waals surface area (Å²) in [4.78, 5) is 46.1. The monoisotopic (exact) mass is 615 g/mol. The van der Waals surface area contributed by atoms with Gasteiger partial charge < -0.3 is 25.0 Å². The first-order chi connectivity index (χ1) is 20.2. The van der Waals surface area contributed by atoms with E-state index < -0.39 is 18.0 Å². The second-order valence-electron chi connectivity index (χ2n) is 10.2. The molecular weight excluding hydrogens is 577 g/mol. The van der Waals surface area contributed by atoms with E-state index in [0.717, 1.165) is 10.8 Å². The minimum absolute atomic E-state index is 0. The number of halogens is 2. The van der Waals surface area contributed by atoms with Crippen LogP contribution in [0.2, 0.25) is 5.02 Å². The van der Waals surface area contributed by atoms with Crippen molar-refractivity contribution in [3.63, 3.8) is 0 Å². The molecule has 3 N–H and O–H groups in total. The fourth-order valence-corrected chi connectivity index (χ4v) is 5.06. The van der Waals surface area contributed by atoms with E-state index in [-0.39, 0.29) is 69.2 Å². The van der Waals surface area contributed by atoms with Gasteiger partial charge in [0, 0.05) is 57.1 Å². The summed E-state index contributed by atoms with van der Waals surface area (Å²) < 4.78 is 19.3. The number of rotatable bonds is 11. The standard InChI is InChI=1S/C30H35ClFN5O5.CH4/c1-36(27(39)11-9-20-7-4-8-25(32)29(20)31)24(10-12-28(40)37-14-13-33-23(17-37)18-38)19-42-30(41)35-26-15-21-5-2-3-6-22(21)16-34-26;/h2-8,15-16,23-24,33,38H,9-14,17-19H2,1H3,(H,34,35,41);1H4/t23-,24-;/m0./s1. The highest BCUT2D eigenvalue weighted by atomic mass is 35.5. The number of aliphatic hydroxyl groups is 1. The number of aryl methyl sites for hydroxylation is 1. The first-order valence-corrected chi connectivity index (χ1v) is 14.2. The van der Waals surface area contributed by atoms with Crippen LogP contribution in [0.3, 0.4) is 0 Å². The molecule has 2 atom stereocenters. The molecule has 2 heterocycles. The maximum Gasteiger partial charge on any atom is 0.412 e. The summed E-state index contributed by atoms with van der Waals surface area (Å²) in [5.74, 6) is -0.616. The Hall–Kier alpha value is -3.80. The van der Waals surface area contributed by atoms with Gasteiger partial charge in [0.1, 0.15) is 18.2 Å². The van der Waals surface area contributed by atoms with Gasteiger partial charge in [-0.2, -0.15) is 0 Å². The van der Waals surface area contributed by atoms with Crippen LogP contribution in [0.4, 0.5) is 15.0 Å². The third kappa shape index (κ3) is 9.34. The fraction of sp³-hybridized carbons (Fsp3) is 0.419. The highest BCUT2D eigenvalue weighted by Gasteiger charge is 2.26. The maximum atomic E-state index is 13.8. The molecule has 4 rings (SSSR count). The molecule has 0 radical (unpaired) electrons. The molecule has 10 nitrogen and oxygen atoms in total. The number of nitrogens with zero attached hydrogens (tertiary/aromatic N) is 3. The zero-order valence-corrected chi connectivity index (χ0v) is 24.1. The smallest absolute Gasteiger partial charge is 0.412 e. The SMILES string of the molecule is C.CN(C(=O)CCc1cccc(F)c1Cl)[C@@H](CCC(=O)N1CCN[C@H](CO)C1)COC(=O)Nc1cc2ccccc2cn1. The van der Waals surface area contributed by atoms with Crippen molar-refractivity contribution in [1.82, 2.24) is 20.1 Å². The highest BCUT2D eigenvalue weighted by Crippen LogP contribution is 2.22. The number of anilines is 1. The lowest BCUT2D eigenvalue weighted by Crippen LogP contribution is -2.54. The van der Waals surface area contributed by atoms with Crippen LogP contribution >= 0.6 is 11.6 Å². The molecule has 3 aromatic rings. The topological polar surface area (TPSA) is 124 Å². The van der Waals surface area contributed by atoms with E-state index in [0.29, 0.717) is 31.0 Å². The van der Waals surface area contributed by atoms with Crippen molar-refractivity contribution < 1.29 is 28.6 Å². The number of aromatic nitrogens is 1. The van der Waals surface area contributed by atoms with E-state index in [1.54, 1.807) is 30.3 Å². The van der Waals surface area contributed by atoms with Gasteiger partial charge in [-0.1, -0.05) is 55.4 Å². The minimum atomic E-state index is -0.741. The fourth-order valence-electron chi connectivity index (χ4n) is 4.84. The van der Waals surface area contributed by atoms with E-state index in [1.165, 1.54) is 17.0 Å². The number of amides is 3. The van der Waals surface area contributed by atoms with E-state index in [1.807, 2.05) is 24.3 Å². The molecule has 3 amide bonds. The van der Waals surface area contributed by atoms with Crippen molar-refractivity contribution in [2.75, 3.05) is 45.2 Å². The van der Waals surface area contributed by atoms with Crippen LogP contribution in [0.1, 0.15) is 32.3 Å². The number of piperazine rings is 1. The molecule has 1 aliphatic rings. The summed E-state index contributed by atoms with van der Waals surface area (Å²) in [7, 11) is 1.59. The summed E-state index contributed by atoms with van der Waals surface area (Å²) in [5.41, 5.74) is 0.515. The van der Waals surface area contributed by atoms with Crippen LogP contribution in [0.5, 0.6) is 0 Å². The summed E-state index contributed by atoms with van der Waals surface area (Å²) >= 11 is 6.05. The largest absolute Gasteiger partial charge is 0.447 e. The molecule has 0 aliphatic carbocycles. The van der Waals surface area contributed by atoms with E-state index in [4.69, 9.17) is 16.3 Å². The molecule has 0 spiro atoms. The summed E-state index contributed by atoms with van der Waals surface area (Å²) in [6.45, 7) is 1.25. The second-order valence-corrected chi connectivity index (χ2v) is 10.6. The highest BCUT2D eigenvalue weighted by molar-refractivity contribution is 6.31. The third-order valence-corrected chi connectivity index (χ3v) is 7.79. The van der Waals surface area contributed by atoms with Crippen LogP contribution in [-0.2, 0) is 20.7 Å². The van der Waals surface area contributed by atoms with Crippen LogP contribution in [0.25, 0.3) is 10.8 Å². The van der Waals surface area contributed by atoms with Gasteiger partial charge in [0.15, 0.2) is 0 Å². The quantitative estimate of drug-likeness (QED) is 0.295. The van der Waals surface area contributed by atoms with Crippen molar-refractivity contribution in [3.8, 4) is 0 Å². The normalized spacial score (nSPS) is 15.3. The number of aliphatic hydroxyl groups excluding tert-OH is 1. The van der Waals surface area contributed by atoms with Gasteiger partial charge in [-0.25, -0.2) is 14.2 Å². The number of likely N-dealkylation sites (N-methyl/N-ethyl adjacent to an activating group) is 1. The molecule has 1 fully saturated rings. The molecule has 43 heavy (non-hydrogen) atoms. The number of pyridine rings is 1. The van der Waals surface area contributed by atoms with Gasteiger partial charge in [0.2, 0.25) is 11.8 Å². The van der Waals surface area contributed by atoms with Crippen LogP contribution < -0.4 is 10.6 Å². The predicted octanol–water partition coefficient (Wildman–Crippen LogP) is 4.24. The lowest BCUT2D eigenvalue weighted by Gasteiger charge is -2.34. The first-order valence-electron chi connectivity index (χ1n) is 13.8. The number of fused-ring (bicyclic) bond motifs is 1. The summed E-state index contributed by atoms with van der Waals surface area (Å²) in [5, 5.41) is 17.0. The number of carbonyl (C=O) groups excluding carboxylic acids is 3. The zero-order valence-electron chi connectivity index (χ0n) is 23.4. The Kier molecular flexibility index (Phi) is 12.7. The number of hydrogen-bond donors (Lipinski definition) is 3. The molecule has 1 aromatic heterocycles. The number of ether oxygens (including phenoxy) is 1. The van der Waals surface area contributed by atoms with Crippen LogP contribution in [0, 0.1) is 5.82 Å². The molecular formula is C31H39ClFN5O5. The third-order valence-electron chi connectivity index (χ3n) is 7.37. The molecule has 0 saturated carbocycles. The van der Waals surface area contributed by atoms with Crippen LogP contribution in [-0.4, -0.2) is 89.8 Å². The van der Waals surface area contributed by atoms with E-state index in [2.05, 4.69) is 15.6 Å². The van der Waals surface area contributed by atoms with Crippen LogP contribution in [0.15, 0.2) is 54.7 Å². The molecule has 0 bridgehead atoms. The maximum absolute atomic E-state index is 13.8. The molecule has 0 unspecified atom stereocenters. The number of nitrogens with one attached hydrogen (secondary N) is 2. The van der Waals surface area contributed by atoms with Crippen molar-refractivity contribution in [2.45, 2.75) is 45.2 Å². The molecule has 12 heteroatoms. The van der Waals surface area contributed by atoms with Gasteiger partial charge >= 0.3 is 6.09 Å². The molecule has 2 aromatic carbocycles. The summed E-state index contributed by atoms with van der Waals surface area (Å²) in [6.07, 6.45) is 1.55. The minimum Gasteiger partial charge on any atom is -0.447 e. The Morgan fingerprint density at radius 3 is 2.74 bits per heavy atom. The Morgan fingerprint density at radius 1 is 1.21 bits per heavy atom. The van der Waals surface area contributed by atoms with Crippen molar-refractivity contribution in [2.24, 2.45) is 0 Å². The van der Waals surface area contributed by atoms with Gasteiger partial charge in [-0.3, -0.25) is 14.9 Å². The van der Waals surface area contributed by atoms with Crippen molar-refractivity contribution in [1.29, 1.82) is 0 Å². The number of hydrogen-bond acceptors (Lipinski definition) is 7. The average Bonchev–Trinajstić information content (AvgIpc) is 3.01. The number of benzene rings is 2. The number of carbonyl (C=O) groups is 3. The second kappa shape index (κ2) is 16.2. The average molecular weight is 616 g/mol. The van der Waals surface area contributed by atoms with Gasteiger partial charge in [-0.05, 0) is 35.9 Å². The van der Waals surface area contributed by atoms with Gasteiger partial charge in [-0.15, -0.1) is 0 Å². The molecule has 232 valence electrons. The van der Waals surface area contributed by atoms with Gasteiger partial charge in [0.25, 0.3) is 0 Å². The summed E-state index contributed by atoms with van der Waals surface area (Å²) in [6, 6.07) is 13.0. The van der Waals surface area contributed by atoms with Gasteiger partial charge in [0.05, 0.1) is 17.7 Å². The Labute approximate surface area is 256 Å². The zero-order chi connectivity index (χ0) is 30.1. The lowest BCUT2D eigenvalue weighted by molar-refractivity contribution is -0.136. The van der Waals surface area contributed by atoms with E-state index in [9.17, 15) is 23.9 Å². The van der Waals surface area contributed by atoms with E-state index >= 15 is 0 Å². The first kappa shape index (κ1) is 33.7. The lowest BCUT2D eigenvalue weighted by atomic mass is 10.1. The molecule has 1 saturated heterocycles. The Balaban J connectivity index is 0.00000506. The molecule has 1 aliphatic heterocycles.